The number of aromatic amines is 1. The molecule has 1 aliphatic heterocycles. The Balaban J connectivity index is 0.00000192. The summed E-state index contributed by atoms with van der Waals surface area (Å²) in [7, 11) is 0. The van der Waals surface area contributed by atoms with Crippen LogP contribution in [-0.4, -0.2) is 34.2 Å². The molecule has 7 heteroatoms. The van der Waals surface area contributed by atoms with Gasteiger partial charge in [0.2, 0.25) is 5.91 Å². The summed E-state index contributed by atoms with van der Waals surface area (Å²) >= 11 is 0. The Hall–Kier alpha value is -1.92. The Morgan fingerprint density at radius 3 is 3.00 bits per heavy atom. The van der Waals surface area contributed by atoms with Gasteiger partial charge >= 0.3 is 0 Å². The van der Waals surface area contributed by atoms with E-state index in [0.29, 0.717) is 18.2 Å². The maximum atomic E-state index is 12.1. The molecule has 0 bridgehead atoms. The van der Waals surface area contributed by atoms with E-state index in [9.17, 15) is 4.79 Å². The second-order valence-electron chi connectivity index (χ2n) is 5.77. The maximum absolute atomic E-state index is 12.1. The Morgan fingerprint density at radius 2 is 2.30 bits per heavy atom. The summed E-state index contributed by atoms with van der Waals surface area (Å²) in [6.07, 6.45) is 2.68. The average Bonchev–Trinajstić information content (AvgIpc) is 3.17. The molecule has 0 aliphatic carbocycles. The summed E-state index contributed by atoms with van der Waals surface area (Å²) < 4.78 is 0. The van der Waals surface area contributed by atoms with E-state index in [1.54, 1.807) is 0 Å². The normalized spacial score (nSPS) is 16.8. The third-order valence-corrected chi connectivity index (χ3v) is 3.94. The van der Waals surface area contributed by atoms with Gasteiger partial charge in [-0.05, 0) is 50.9 Å². The van der Waals surface area contributed by atoms with Crippen molar-refractivity contribution >= 4 is 24.0 Å². The smallest absolute Gasteiger partial charge is 0.224 e. The summed E-state index contributed by atoms with van der Waals surface area (Å²) in [5.74, 6) is 2.11. The number of hydrogen-bond donors (Lipinski definition) is 3. The lowest BCUT2D eigenvalue weighted by Crippen LogP contribution is -2.15. The minimum absolute atomic E-state index is 0. The van der Waals surface area contributed by atoms with Crippen LogP contribution < -0.4 is 10.6 Å². The highest BCUT2D eigenvalue weighted by atomic mass is 35.5. The van der Waals surface area contributed by atoms with Crippen LogP contribution in [0.3, 0.4) is 0 Å². The van der Waals surface area contributed by atoms with Crippen LogP contribution in [0.15, 0.2) is 24.3 Å². The van der Waals surface area contributed by atoms with Gasteiger partial charge in [-0.15, -0.1) is 12.4 Å². The molecule has 1 saturated heterocycles. The molecule has 23 heavy (non-hydrogen) atoms. The monoisotopic (exact) mass is 335 g/mol. The number of aromatic nitrogens is 3. The summed E-state index contributed by atoms with van der Waals surface area (Å²) in [4.78, 5) is 16.4. The Bertz CT molecular complexity index is 651. The first-order valence-electron chi connectivity index (χ1n) is 7.71. The minimum Gasteiger partial charge on any atom is -0.326 e. The van der Waals surface area contributed by atoms with Crippen molar-refractivity contribution in [3.8, 4) is 11.4 Å². The predicted molar refractivity (Wildman–Crippen MR) is 92.6 cm³/mol. The van der Waals surface area contributed by atoms with Gasteiger partial charge in [-0.3, -0.25) is 9.89 Å². The zero-order chi connectivity index (χ0) is 15.4. The molecule has 6 nitrogen and oxygen atoms in total. The van der Waals surface area contributed by atoms with Gasteiger partial charge in [-0.1, -0.05) is 12.1 Å². The second kappa shape index (κ2) is 8.08. The van der Waals surface area contributed by atoms with Gasteiger partial charge in [-0.25, -0.2) is 4.98 Å². The van der Waals surface area contributed by atoms with E-state index in [-0.39, 0.29) is 18.3 Å². The van der Waals surface area contributed by atoms with Crippen molar-refractivity contribution < 1.29 is 4.79 Å². The first kappa shape index (κ1) is 17.4. The molecule has 2 heterocycles. The Morgan fingerprint density at radius 1 is 1.43 bits per heavy atom. The van der Waals surface area contributed by atoms with Crippen molar-refractivity contribution in [2.75, 3.05) is 18.4 Å². The van der Waals surface area contributed by atoms with E-state index in [2.05, 4.69) is 25.8 Å². The molecule has 1 unspecified atom stereocenters. The highest BCUT2D eigenvalue weighted by Gasteiger charge is 2.15. The number of H-pyrrole nitrogens is 1. The van der Waals surface area contributed by atoms with Gasteiger partial charge in [0.25, 0.3) is 0 Å². The minimum atomic E-state index is 0. The number of anilines is 1. The van der Waals surface area contributed by atoms with Crippen molar-refractivity contribution in [3.05, 3.63) is 30.1 Å². The topological polar surface area (TPSA) is 82.7 Å². The van der Waals surface area contributed by atoms with Crippen LogP contribution in [0.1, 0.15) is 25.1 Å². The van der Waals surface area contributed by atoms with Gasteiger partial charge in [-0.2, -0.15) is 5.10 Å². The molecule has 0 spiro atoms. The van der Waals surface area contributed by atoms with Crippen LogP contribution in [0.5, 0.6) is 0 Å². The Labute approximate surface area is 141 Å². The lowest BCUT2D eigenvalue weighted by atomic mass is 10.0. The van der Waals surface area contributed by atoms with Crippen molar-refractivity contribution in [2.45, 2.75) is 26.2 Å². The number of carbonyl (C=O) groups excluding carboxylic acids is 1. The Kier molecular flexibility index (Phi) is 6.12. The molecular formula is C16H22ClN5O. The number of rotatable bonds is 5. The third-order valence-electron chi connectivity index (χ3n) is 3.94. The molecule has 1 fully saturated rings. The van der Waals surface area contributed by atoms with Gasteiger partial charge in [0.1, 0.15) is 5.82 Å². The zero-order valence-electron chi connectivity index (χ0n) is 13.1. The quantitative estimate of drug-likeness (QED) is 0.784. The fourth-order valence-corrected chi connectivity index (χ4v) is 2.73. The number of carbonyl (C=O) groups is 1. The molecule has 124 valence electrons. The molecule has 1 atom stereocenters. The molecule has 1 aromatic heterocycles. The van der Waals surface area contributed by atoms with Gasteiger partial charge < -0.3 is 10.6 Å². The van der Waals surface area contributed by atoms with E-state index in [0.717, 1.165) is 36.6 Å². The van der Waals surface area contributed by atoms with E-state index in [1.165, 1.54) is 6.42 Å². The van der Waals surface area contributed by atoms with Gasteiger partial charge in [0, 0.05) is 17.7 Å². The SMILES string of the molecule is Cc1nc(-c2cccc(NC(=O)CCC3CCNC3)c2)n[nH]1.Cl. The molecule has 2 aromatic rings. The number of hydrogen-bond acceptors (Lipinski definition) is 4. The number of nitrogens with zero attached hydrogens (tertiary/aromatic N) is 2. The van der Waals surface area contributed by atoms with Crippen LogP contribution in [0, 0.1) is 12.8 Å². The van der Waals surface area contributed by atoms with E-state index in [1.807, 2.05) is 31.2 Å². The third kappa shape index (κ3) is 4.77. The number of aryl methyl sites for hydroxylation is 1. The van der Waals surface area contributed by atoms with Crippen molar-refractivity contribution in [2.24, 2.45) is 5.92 Å². The van der Waals surface area contributed by atoms with Crippen LogP contribution in [0.4, 0.5) is 5.69 Å². The number of halogens is 1. The van der Waals surface area contributed by atoms with E-state index >= 15 is 0 Å². The molecule has 3 N–H and O–H groups in total. The fraction of sp³-hybridized carbons (Fsp3) is 0.438. The van der Waals surface area contributed by atoms with Crippen LogP contribution in [0.2, 0.25) is 0 Å². The highest BCUT2D eigenvalue weighted by molar-refractivity contribution is 5.91. The molecule has 1 aliphatic rings. The first-order valence-corrected chi connectivity index (χ1v) is 7.71. The summed E-state index contributed by atoms with van der Waals surface area (Å²) in [6, 6.07) is 7.62. The number of nitrogens with one attached hydrogen (secondary N) is 3. The van der Waals surface area contributed by atoms with Gasteiger partial charge in [0.15, 0.2) is 5.82 Å². The van der Waals surface area contributed by atoms with Crippen molar-refractivity contribution in [1.82, 2.24) is 20.5 Å². The summed E-state index contributed by atoms with van der Waals surface area (Å²) in [6.45, 7) is 3.97. The average molecular weight is 336 g/mol. The van der Waals surface area contributed by atoms with Crippen LogP contribution in [-0.2, 0) is 4.79 Å². The summed E-state index contributed by atoms with van der Waals surface area (Å²) in [5, 5.41) is 13.2. The van der Waals surface area contributed by atoms with Gasteiger partial charge in [0.05, 0.1) is 0 Å². The standard InChI is InChI=1S/C16H21N5O.ClH/c1-11-18-16(21-20-11)13-3-2-4-14(9-13)19-15(22)6-5-12-7-8-17-10-12;/h2-4,9,12,17H,5-8,10H2,1H3,(H,19,22)(H,18,20,21);1H. The highest BCUT2D eigenvalue weighted by Crippen LogP contribution is 2.20. The summed E-state index contributed by atoms with van der Waals surface area (Å²) in [5.41, 5.74) is 1.68. The van der Waals surface area contributed by atoms with Crippen LogP contribution >= 0.6 is 12.4 Å². The number of amides is 1. The zero-order valence-corrected chi connectivity index (χ0v) is 13.9. The first-order chi connectivity index (χ1) is 10.7. The molecule has 0 radical (unpaired) electrons. The second-order valence-corrected chi connectivity index (χ2v) is 5.77. The maximum Gasteiger partial charge on any atom is 0.224 e. The lowest BCUT2D eigenvalue weighted by Gasteiger charge is -2.09. The van der Waals surface area contributed by atoms with Crippen molar-refractivity contribution in [3.63, 3.8) is 0 Å². The molecular weight excluding hydrogens is 314 g/mol. The lowest BCUT2D eigenvalue weighted by molar-refractivity contribution is -0.116. The van der Waals surface area contributed by atoms with Crippen LogP contribution in [0.25, 0.3) is 11.4 Å². The molecule has 0 saturated carbocycles. The van der Waals surface area contributed by atoms with E-state index in [4.69, 9.17) is 0 Å². The predicted octanol–water partition coefficient (Wildman–Crippen LogP) is 2.53. The molecule has 1 aromatic carbocycles. The molecule has 3 rings (SSSR count). The van der Waals surface area contributed by atoms with Crippen molar-refractivity contribution in [1.29, 1.82) is 0 Å². The fourth-order valence-electron chi connectivity index (χ4n) is 2.73. The largest absolute Gasteiger partial charge is 0.326 e. The van der Waals surface area contributed by atoms with E-state index < -0.39 is 0 Å². The number of benzene rings is 1. The molecule has 1 amide bonds.